The first-order valence-corrected chi connectivity index (χ1v) is 6.41. The molecule has 2 aromatic rings. The van der Waals surface area contributed by atoms with Crippen LogP contribution in [0.4, 0.5) is 14.5 Å². The molecule has 102 valence electrons. The lowest BCUT2D eigenvalue weighted by atomic mass is 10.1. The second kappa shape index (κ2) is 7.25. The highest BCUT2D eigenvalue weighted by Crippen LogP contribution is 2.12. The number of hydrogen-bond donors (Lipinski definition) is 0. The number of nitrogens with zero attached hydrogens (tertiary/aromatic N) is 1. The second-order valence-electron chi connectivity index (χ2n) is 4.06. The summed E-state index contributed by atoms with van der Waals surface area (Å²) in [6, 6.07) is 13.8. The molecule has 1 nitrogen and oxygen atoms in total. The van der Waals surface area contributed by atoms with Gasteiger partial charge in [-0.25, -0.2) is 0 Å². The third-order valence-electron chi connectivity index (χ3n) is 2.58. The number of isothiocyanates is 1. The zero-order valence-corrected chi connectivity index (χ0v) is 11.6. The summed E-state index contributed by atoms with van der Waals surface area (Å²) < 4.78 is 24.2. The molecule has 0 aromatic heterocycles. The van der Waals surface area contributed by atoms with E-state index in [4.69, 9.17) is 0 Å². The van der Waals surface area contributed by atoms with E-state index in [1.165, 1.54) is 0 Å². The summed E-state index contributed by atoms with van der Waals surface area (Å²) in [4.78, 5) is 3.85. The third-order valence-corrected chi connectivity index (χ3v) is 2.67. The normalized spacial score (nSPS) is 9.05. The van der Waals surface area contributed by atoms with E-state index in [2.05, 4.69) is 34.2 Å². The topological polar surface area (TPSA) is 12.4 Å². The molecule has 0 saturated heterocycles. The largest absolute Gasteiger partial charge is 0.270 e. The molecule has 0 saturated carbocycles. The summed E-state index contributed by atoms with van der Waals surface area (Å²) in [6.45, 7) is 0. The second-order valence-corrected chi connectivity index (χ2v) is 4.24. The van der Waals surface area contributed by atoms with Crippen LogP contribution < -0.4 is 0 Å². The Labute approximate surface area is 126 Å². The Morgan fingerprint density at radius 3 is 1.90 bits per heavy atom. The number of rotatable bonds is 2. The molecule has 2 rings (SSSR count). The molecular weight excluding hydrogens is 288 g/mol. The SMILES string of the molecule is FC(F)=Cc1ccc(C#Cc2ccc(N=C=S)cc2)cc1. The van der Waals surface area contributed by atoms with Crippen LogP contribution in [0.3, 0.4) is 0 Å². The summed E-state index contributed by atoms with van der Waals surface area (Å²) >= 11 is 4.52. The molecule has 0 heterocycles. The minimum atomic E-state index is -1.71. The van der Waals surface area contributed by atoms with Gasteiger partial charge in [0.25, 0.3) is 6.08 Å². The van der Waals surface area contributed by atoms with Crippen LogP contribution >= 0.6 is 12.2 Å². The molecular formula is C17H9F2NS. The third kappa shape index (κ3) is 4.77. The molecule has 0 N–H and O–H groups in total. The van der Waals surface area contributed by atoms with E-state index in [0.29, 0.717) is 5.56 Å². The highest BCUT2D eigenvalue weighted by atomic mass is 32.1. The fraction of sp³-hybridized carbons (Fsp3) is 0. The average Bonchev–Trinajstić information content (AvgIpc) is 2.48. The van der Waals surface area contributed by atoms with E-state index in [1.807, 2.05) is 12.1 Å². The highest BCUT2D eigenvalue weighted by Gasteiger charge is 1.93. The van der Waals surface area contributed by atoms with Crippen LogP contribution in [0, 0.1) is 11.8 Å². The molecule has 0 spiro atoms. The van der Waals surface area contributed by atoms with Crippen molar-refractivity contribution in [2.45, 2.75) is 0 Å². The van der Waals surface area contributed by atoms with Gasteiger partial charge in [-0.2, -0.15) is 13.8 Å². The summed E-state index contributed by atoms with van der Waals surface area (Å²) in [5.74, 6) is 5.96. The summed E-state index contributed by atoms with van der Waals surface area (Å²) in [5, 5.41) is 2.29. The Morgan fingerprint density at radius 1 is 0.905 bits per heavy atom. The van der Waals surface area contributed by atoms with Crippen LogP contribution in [-0.4, -0.2) is 5.16 Å². The maximum atomic E-state index is 12.1. The molecule has 0 aliphatic heterocycles. The van der Waals surface area contributed by atoms with E-state index in [1.54, 1.807) is 36.4 Å². The predicted octanol–water partition coefficient (Wildman–Crippen LogP) is 5.06. The smallest absolute Gasteiger partial charge is 0.195 e. The van der Waals surface area contributed by atoms with Crippen LogP contribution in [0.2, 0.25) is 0 Å². The molecule has 21 heavy (non-hydrogen) atoms. The molecule has 0 aliphatic rings. The number of halogens is 2. The van der Waals surface area contributed by atoms with Crippen molar-refractivity contribution >= 4 is 29.1 Å². The molecule has 0 radical (unpaired) electrons. The Hall–Kier alpha value is -2.60. The Balaban J connectivity index is 2.15. The molecule has 0 atom stereocenters. The molecule has 0 aliphatic carbocycles. The van der Waals surface area contributed by atoms with Crippen molar-refractivity contribution in [1.29, 1.82) is 0 Å². The minimum Gasteiger partial charge on any atom is -0.195 e. The van der Waals surface area contributed by atoms with Gasteiger partial charge in [0.15, 0.2) is 0 Å². The van der Waals surface area contributed by atoms with Gasteiger partial charge in [-0.3, -0.25) is 0 Å². The van der Waals surface area contributed by atoms with Gasteiger partial charge in [0, 0.05) is 17.2 Å². The van der Waals surface area contributed by atoms with E-state index in [-0.39, 0.29) is 0 Å². The van der Waals surface area contributed by atoms with E-state index in [9.17, 15) is 8.78 Å². The monoisotopic (exact) mass is 297 g/mol. The quantitative estimate of drug-likeness (QED) is 0.429. The van der Waals surface area contributed by atoms with Crippen molar-refractivity contribution < 1.29 is 8.78 Å². The average molecular weight is 297 g/mol. The first-order chi connectivity index (χ1) is 10.2. The van der Waals surface area contributed by atoms with E-state index >= 15 is 0 Å². The van der Waals surface area contributed by atoms with Crippen molar-refractivity contribution in [3.63, 3.8) is 0 Å². The number of benzene rings is 2. The van der Waals surface area contributed by atoms with Gasteiger partial charge in [-0.05, 0) is 54.2 Å². The lowest BCUT2D eigenvalue weighted by Gasteiger charge is -1.94. The van der Waals surface area contributed by atoms with Crippen molar-refractivity contribution in [1.82, 2.24) is 0 Å². The standard InChI is InChI=1S/C17H9F2NS/c18-17(19)11-15-5-3-13(4-6-15)1-2-14-7-9-16(10-8-14)20-12-21/h3-11H. The minimum absolute atomic E-state index is 0.447. The van der Waals surface area contributed by atoms with Gasteiger partial charge in [0.1, 0.15) is 0 Å². The number of aliphatic imine (C=N–C) groups is 1. The summed E-state index contributed by atoms with van der Waals surface area (Å²) in [5.41, 5.74) is 2.76. The summed E-state index contributed by atoms with van der Waals surface area (Å²) in [6.07, 6.45) is -0.903. The van der Waals surface area contributed by atoms with Crippen molar-refractivity contribution in [3.05, 3.63) is 71.3 Å². The van der Waals surface area contributed by atoms with Gasteiger partial charge in [-0.1, -0.05) is 24.0 Å². The van der Waals surface area contributed by atoms with Gasteiger partial charge in [-0.15, -0.1) is 0 Å². The molecule has 2 aromatic carbocycles. The summed E-state index contributed by atoms with van der Waals surface area (Å²) in [7, 11) is 0. The van der Waals surface area contributed by atoms with Gasteiger partial charge in [0.2, 0.25) is 0 Å². The van der Waals surface area contributed by atoms with Crippen molar-refractivity contribution in [3.8, 4) is 11.8 Å². The fourth-order valence-corrected chi connectivity index (χ4v) is 1.71. The van der Waals surface area contributed by atoms with E-state index < -0.39 is 6.08 Å². The van der Waals surface area contributed by atoms with Crippen molar-refractivity contribution in [2.75, 3.05) is 0 Å². The first-order valence-electron chi connectivity index (χ1n) is 6.00. The Bertz CT molecular complexity index is 755. The number of hydrogen-bond acceptors (Lipinski definition) is 2. The maximum absolute atomic E-state index is 12.1. The highest BCUT2D eigenvalue weighted by molar-refractivity contribution is 7.78. The molecule has 0 unspecified atom stereocenters. The van der Waals surface area contributed by atoms with Gasteiger partial charge in [0.05, 0.1) is 10.8 Å². The number of thiocarbonyl (C=S) groups is 1. The molecule has 0 fully saturated rings. The lowest BCUT2D eigenvalue weighted by molar-refractivity contribution is 0.429. The van der Waals surface area contributed by atoms with Crippen molar-refractivity contribution in [2.24, 2.45) is 4.99 Å². The Morgan fingerprint density at radius 2 is 1.43 bits per heavy atom. The molecule has 0 amide bonds. The van der Waals surface area contributed by atoms with Gasteiger partial charge >= 0.3 is 0 Å². The predicted molar refractivity (Wildman–Crippen MR) is 83.7 cm³/mol. The van der Waals surface area contributed by atoms with Crippen LogP contribution in [0.5, 0.6) is 0 Å². The van der Waals surface area contributed by atoms with E-state index in [0.717, 1.165) is 22.9 Å². The fourth-order valence-electron chi connectivity index (χ4n) is 1.61. The zero-order valence-electron chi connectivity index (χ0n) is 10.8. The van der Waals surface area contributed by atoms with Crippen LogP contribution in [-0.2, 0) is 0 Å². The molecule has 4 heteroatoms. The van der Waals surface area contributed by atoms with Crippen LogP contribution in [0.25, 0.3) is 6.08 Å². The lowest BCUT2D eigenvalue weighted by Crippen LogP contribution is -1.77. The first kappa shape index (κ1) is 14.8. The van der Waals surface area contributed by atoms with Crippen LogP contribution in [0.1, 0.15) is 16.7 Å². The molecule has 0 bridgehead atoms. The maximum Gasteiger partial charge on any atom is 0.270 e. The zero-order chi connectivity index (χ0) is 15.1. The van der Waals surface area contributed by atoms with Crippen LogP contribution in [0.15, 0.2) is 59.6 Å². The Kier molecular flexibility index (Phi) is 5.11. The van der Waals surface area contributed by atoms with Gasteiger partial charge < -0.3 is 0 Å².